The van der Waals surface area contributed by atoms with Crippen molar-refractivity contribution in [2.75, 3.05) is 7.05 Å². The van der Waals surface area contributed by atoms with E-state index in [9.17, 15) is 0 Å². The lowest BCUT2D eigenvalue weighted by Crippen LogP contribution is -2.21. The van der Waals surface area contributed by atoms with Gasteiger partial charge in [-0.3, -0.25) is 4.90 Å². The zero-order chi connectivity index (χ0) is 13.2. The van der Waals surface area contributed by atoms with Crippen molar-refractivity contribution in [3.8, 4) is 0 Å². The zero-order valence-corrected chi connectivity index (χ0v) is 12.1. The number of aromatic amines is 1. The van der Waals surface area contributed by atoms with Crippen molar-refractivity contribution in [2.24, 2.45) is 0 Å². The SMILES string of the molecule is CC(c1cccs1)N(C)Cc1cccc2cc[nH]c12. The van der Waals surface area contributed by atoms with Crippen LogP contribution in [0.4, 0.5) is 0 Å². The van der Waals surface area contributed by atoms with Gasteiger partial charge in [-0.25, -0.2) is 0 Å². The average Bonchev–Trinajstić information content (AvgIpc) is 3.09. The van der Waals surface area contributed by atoms with Gasteiger partial charge in [0.15, 0.2) is 0 Å². The van der Waals surface area contributed by atoms with Crippen LogP contribution >= 0.6 is 11.3 Å². The van der Waals surface area contributed by atoms with Crippen LogP contribution in [0.25, 0.3) is 10.9 Å². The van der Waals surface area contributed by atoms with Crippen molar-refractivity contribution < 1.29 is 0 Å². The third-order valence-corrected chi connectivity index (χ3v) is 4.75. The lowest BCUT2D eigenvalue weighted by molar-refractivity contribution is 0.257. The highest BCUT2D eigenvalue weighted by molar-refractivity contribution is 7.10. The number of fused-ring (bicyclic) bond motifs is 1. The maximum atomic E-state index is 3.34. The van der Waals surface area contributed by atoms with Crippen molar-refractivity contribution in [1.82, 2.24) is 9.88 Å². The highest BCUT2D eigenvalue weighted by atomic mass is 32.1. The molecule has 0 bridgehead atoms. The molecule has 0 spiro atoms. The Morgan fingerprint density at radius 3 is 2.89 bits per heavy atom. The predicted octanol–water partition coefficient (Wildman–Crippen LogP) is 4.42. The van der Waals surface area contributed by atoms with Crippen molar-refractivity contribution in [3.63, 3.8) is 0 Å². The minimum absolute atomic E-state index is 0.449. The van der Waals surface area contributed by atoms with Gasteiger partial charge in [-0.15, -0.1) is 11.3 Å². The minimum Gasteiger partial charge on any atom is -0.361 e. The van der Waals surface area contributed by atoms with Gasteiger partial charge in [0.25, 0.3) is 0 Å². The van der Waals surface area contributed by atoms with Crippen LogP contribution in [-0.2, 0) is 6.54 Å². The molecule has 98 valence electrons. The Balaban J connectivity index is 1.83. The molecule has 2 heterocycles. The van der Waals surface area contributed by atoms with Gasteiger partial charge in [0.05, 0.1) is 0 Å². The molecule has 19 heavy (non-hydrogen) atoms. The summed E-state index contributed by atoms with van der Waals surface area (Å²) >= 11 is 1.83. The summed E-state index contributed by atoms with van der Waals surface area (Å²) in [5.41, 5.74) is 2.61. The van der Waals surface area contributed by atoms with Crippen LogP contribution in [0.5, 0.6) is 0 Å². The summed E-state index contributed by atoms with van der Waals surface area (Å²) in [5, 5.41) is 3.43. The Morgan fingerprint density at radius 2 is 2.11 bits per heavy atom. The molecule has 0 radical (unpaired) electrons. The van der Waals surface area contributed by atoms with Gasteiger partial charge in [0.1, 0.15) is 0 Å². The second-order valence-corrected chi connectivity index (χ2v) is 5.94. The fourth-order valence-electron chi connectivity index (χ4n) is 2.43. The third kappa shape index (κ3) is 2.44. The molecule has 3 heteroatoms. The zero-order valence-electron chi connectivity index (χ0n) is 11.3. The number of aromatic nitrogens is 1. The maximum Gasteiger partial charge on any atom is 0.0499 e. The van der Waals surface area contributed by atoms with Crippen LogP contribution in [0.3, 0.4) is 0 Å². The molecule has 1 atom stereocenters. The van der Waals surface area contributed by atoms with E-state index < -0.39 is 0 Å². The average molecular weight is 270 g/mol. The smallest absolute Gasteiger partial charge is 0.0499 e. The first-order valence-corrected chi connectivity index (χ1v) is 7.42. The Labute approximate surface area is 117 Å². The lowest BCUT2D eigenvalue weighted by Gasteiger charge is -2.24. The second-order valence-electron chi connectivity index (χ2n) is 4.97. The van der Waals surface area contributed by atoms with Crippen molar-refractivity contribution in [2.45, 2.75) is 19.5 Å². The van der Waals surface area contributed by atoms with Crippen molar-refractivity contribution in [3.05, 3.63) is 58.4 Å². The number of hydrogen-bond acceptors (Lipinski definition) is 2. The van der Waals surface area contributed by atoms with Crippen LogP contribution in [0.15, 0.2) is 48.0 Å². The Hall–Kier alpha value is -1.58. The Kier molecular flexibility index (Phi) is 3.40. The summed E-state index contributed by atoms with van der Waals surface area (Å²) in [6.07, 6.45) is 2.01. The summed E-state index contributed by atoms with van der Waals surface area (Å²) in [4.78, 5) is 7.15. The van der Waals surface area contributed by atoms with E-state index in [4.69, 9.17) is 0 Å². The molecule has 2 aromatic heterocycles. The predicted molar refractivity (Wildman–Crippen MR) is 82.5 cm³/mol. The molecule has 1 aromatic carbocycles. The van der Waals surface area contributed by atoms with E-state index in [1.54, 1.807) is 0 Å². The molecule has 0 fully saturated rings. The van der Waals surface area contributed by atoms with Crippen LogP contribution in [0.1, 0.15) is 23.4 Å². The van der Waals surface area contributed by atoms with Gasteiger partial charge >= 0.3 is 0 Å². The third-order valence-electron chi connectivity index (χ3n) is 3.71. The van der Waals surface area contributed by atoms with Gasteiger partial charge < -0.3 is 4.98 Å². The quantitative estimate of drug-likeness (QED) is 0.743. The van der Waals surface area contributed by atoms with E-state index in [1.807, 2.05) is 17.5 Å². The summed E-state index contributed by atoms with van der Waals surface area (Å²) in [7, 11) is 2.19. The normalized spacial score (nSPS) is 13.2. The fourth-order valence-corrected chi connectivity index (χ4v) is 3.28. The van der Waals surface area contributed by atoms with E-state index in [1.165, 1.54) is 21.3 Å². The van der Waals surface area contributed by atoms with Crippen LogP contribution in [0.2, 0.25) is 0 Å². The first-order chi connectivity index (χ1) is 9.25. The largest absolute Gasteiger partial charge is 0.361 e. The number of nitrogens with one attached hydrogen (secondary N) is 1. The molecule has 0 saturated carbocycles. The molecule has 0 aliphatic rings. The van der Waals surface area contributed by atoms with Crippen molar-refractivity contribution >= 4 is 22.2 Å². The number of thiophene rings is 1. The van der Waals surface area contributed by atoms with Gasteiger partial charge in [-0.2, -0.15) is 0 Å². The van der Waals surface area contributed by atoms with E-state index in [2.05, 4.69) is 65.6 Å². The van der Waals surface area contributed by atoms with Gasteiger partial charge in [0.2, 0.25) is 0 Å². The maximum absolute atomic E-state index is 3.34. The Morgan fingerprint density at radius 1 is 1.21 bits per heavy atom. The highest BCUT2D eigenvalue weighted by Gasteiger charge is 2.14. The number of hydrogen-bond donors (Lipinski definition) is 1. The minimum atomic E-state index is 0.449. The van der Waals surface area contributed by atoms with Gasteiger partial charge in [-0.05, 0) is 42.4 Å². The topological polar surface area (TPSA) is 19.0 Å². The molecule has 0 aliphatic heterocycles. The molecule has 0 amide bonds. The molecular weight excluding hydrogens is 252 g/mol. The van der Waals surface area contributed by atoms with Crippen LogP contribution < -0.4 is 0 Å². The first kappa shape index (κ1) is 12.5. The number of H-pyrrole nitrogens is 1. The molecule has 1 unspecified atom stereocenters. The first-order valence-electron chi connectivity index (χ1n) is 6.54. The second kappa shape index (κ2) is 5.19. The Bertz CT molecular complexity index is 654. The molecule has 0 aliphatic carbocycles. The van der Waals surface area contributed by atoms with Crippen LogP contribution in [0, 0.1) is 0 Å². The van der Waals surface area contributed by atoms with E-state index >= 15 is 0 Å². The molecule has 0 saturated heterocycles. The van der Waals surface area contributed by atoms with E-state index in [0.29, 0.717) is 6.04 Å². The lowest BCUT2D eigenvalue weighted by atomic mass is 10.1. The van der Waals surface area contributed by atoms with Gasteiger partial charge in [-0.1, -0.05) is 24.3 Å². The van der Waals surface area contributed by atoms with E-state index in [0.717, 1.165) is 6.54 Å². The molecule has 2 nitrogen and oxygen atoms in total. The van der Waals surface area contributed by atoms with E-state index in [-0.39, 0.29) is 0 Å². The summed E-state index contributed by atoms with van der Waals surface area (Å²) in [6, 6.07) is 13.4. The standard InChI is InChI=1S/C16H18N2S/c1-12(15-7-4-10-19-15)18(2)11-14-6-3-5-13-8-9-17-16(13)14/h3-10,12,17H,11H2,1-2H3. The molecule has 1 N–H and O–H groups in total. The molecule has 3 aromatic rings. The number of benzene rings is 1. The van der Waals surface area contributed by atoms with Crippen molar-refractivity contribution in [1.29, 1.82) is 0 Å². The molecular formula is C16H18N2S. The van der Waals surface area contributed by atoms with Gasteiger partial charge in [0, 0.05) is 29.2 Å². The fraction of sp³-hybridized carbons (Fsp3) is 0.250. The highest BCUT2D eigenvalue weighted by Crippen LogP contribution is 2.26. The number of rotatable bonds is 4. The molecule has 3 rings (SSSR count). The summed E-state index contributed by atoms with van der Waals surface area (Å²) in [6.45, 7) is 3.22. The summed E-state index contributed by atoms with van der Waals surface area (Å²) < 4.78 is 0. The summed E-state index contributed by atoms with van der Waals surface area (Å²) in [5.74, 6) is 0. The number of para-hydroxylation sites is 1. The number of nitrogens with zero attached hydrogens (tertiary/aromatic N) is 1. The monoisotopic (exact) mass is 270 g/mol. The van der Waals surface area contributed by atoms with Crippen LogP contribution in [-0.4, -0.2) is 16.9 Å².